The molecule has 2 atom stereocenters. The second-order valence-electron chi connectivity index (χ2n) is 4.87. The van der Waals surface area contributed by atoms with Crippen molar-refractivity contribution >= 4 is 18.3 Å². The van der Waals surface area contributed by atoms with Crippen LogP contribution in [0.15, 0.2) is 53.1 Å². The summed E-state index contributed by atoms with van der Waals surface area (Å²) in [7, 11) is 0. The molecule has 0 unspecified atom stereocenters. The largest absolute Gasteiger partial charge is 0.459 e. The van der Waals surface area contributed by atoms with Crippen molar-refractivity contribution < 1.29 is 9.21 Å². The molecule has 0 aliphatic carbocycles. The summed E-state index contributed by atoms with van der Waals surface area (Å²) in [6.45, 7) is 1.21. The van der Waals surface area contributed by atoms with E-state index >= 15 is 0 Å². The Morgan fingerprint density at radius 3 is 2.55 bits per heavy atom. The van der Waals surface area contributed by atoms with Crippen molar-refractivity contribution in [2.75, 3.05) is 13.1 Å². The minimum atomic E-state index is -0.0844. The van der Waals surface area contributed by atoms with Crippen LogP contribution in [0.4, 0.5) is 0 Å². The first-order valence-corrected chi connectivity index (χ1v) is 6.39. The van der Waals surface area contributed by atoms with Gasteiger partial charge in [-0.1, -0.05) is 30.3 Å². The topological polar surface area (TPSA) is 59.5 Å². The second-order valence-corrected chi connectivity index (χ2v) is 4.87. The standard InChI is InChI=1S/C15H16N2O2.ClH/c16-13-10-17(15(18)14-7-4-8-19-14)9-12(13)11-5-2-1-3-6-11;/h1-8,12-13H,9-10,16H2;1H/t12-,13+;/m0./s1. The van der Waals surface area contributed by atoms with Crippen LogP contribution in [-0.2, 0) is 0 Å². The monoisotopic (exact) mass is 292 g/mol. The highest BCUT2D eigenvalue weighted by atomic mass is 35.5. The van der Waals surface area contributed by atoms with Gasteiger partial charge in [0.05, 0.1) is 6.26 Å². The van der Waals surface area contributed by atoms with Gasteiger partial charge in [0.1, 0.15) is 0 Å². The Kier molecular flexibility index (Phi) is 4.47. The smallest absolute Gasteiger partial charge is 0.289 e. The molecule has 1 aliphatic rings. The van der Waals surface area contributed by atoms with E-state index in [1.54, 1.807) is 17.0 Å². The minimum absolute atomic E-state index is 0. The Morgan fingerprint density at radius 2 is 1.90 bits per heavy atom. The zero-order valence-electron chi connectivity index (χ0n) is 10.9. The van der Waals surface area contributed by atoms with E-state index in [-0.39, 0.29) is 30.3 Å². The molecule has 106 valence electrons. The number of furan rings is 1. The van der Waals surface area contributed by atoms with E-state index in [4.69, 9.17) is 10.2 Å². The van der Waals surface area contributed by atoms with Crippen molar-refractivity contribution in [3.8, 4) is 0 Å². The van der Waals surface area contributed by atoms with Crippen LogP contribution in [0.25, 0.3) is 0 Å². The summed E-state index contributed by atoms with van der Waals surface area (Å²) in [5, 5.41) is 0. The third kappa shape index (κ3) is 2.71. The average molecular weight is 293 g/mol. The number of carbonyl (C=O) groups is 1. The van der Waals surface area contributed by atoms with E-state index in [0.29, 0.717) is 18.8 Å². The maximum Gasteiger partial charge on any atom is 0.289 e. The molecule has 2 N–H and O–H groups in total. The number of halogens is 1. The molecule has 1 aromatic heterocycles. The first kappa shape index (κ1) is 14.6. The van der Waals surface area contributed by atoms with Gasteiger partial charge in [-0.05, 0) is 17.7 Å². The molecular formula is C15H17ClN2O2. The molecule has 1 amide bonds. The number of nitrogens with zero attached hydrogens (tertiary/aromatic N) is 1. The molecule has 3 rings (SSSR count). The van der Waals surface area contributed by atoms with Crippen LogP contribution in [0.1, 0.15) is 22.0 Å². The SMILES string of the molecule is Cl.N[C@@H]1CN(C(=O)c2ccco2)C[C@H]1c1ccccc1. The third-order valence-electron chi connectivity index (χ3n) is 3.61. The quantitative estimate of drug-likeness (QED) is 0.924. The minimum Gasteiger partial charge on any atom is -0.459 e. The Balaban J connectivity index is 0.00000147. The van der Waals surface area contributed by atoms with E-state index in [1.807, 2.05) is 18.2 Å². The normalized spacial score (nSPS) is 21.6. The van der Waals surface area contributed by atoms with Crippen LogP contribution in [0.3, 0.4) is 0 Å². The van der Waals surface area contributed by atoms with Crippen LogP contribution in [-0.4, -0.2) is 29.9 Å². The number of rotatable bonds is 2. The molecule has 4 nitrogen and oxygen atoms in total. The number of hydrogen-bond donors (Lipinski definition) is 1. The van der Waals surface area contributed by atoms with Gasteiger partial charge in [-0.15, -0.1) is 12.4 Å². The van der Waals surface area contributed by atoms with Crippen molar-refractivity contribution in [2.45, 2.75) is 12.0 Å². The highest BCUT2D eigenvalue weighted by molar-refractivity contribution is 5.91. The van der Waals surface area contributed by atoms with Gasteiger partial charge in [-0.2, -0.15) is 0 Å². The zero-order chi connectivity index (χ0) is 13.2. The van der Waals surface area contributed by atoms with Crippen LogP contribution < -0.4 is 5.73 Å². The number of benzene rings is 1. The maximum absolute atomic E-state index is 12.2. The molecule has 0 radical (unpaired) electrons. The van der Waals surface area contributed by atoms with Gasteiger partial charge in [0.2, 0.25) is 0 Å². The first-order valence-electron chi connectivity index (χ1n) is 6.39. The summed E-state index contributed by atoms with van der Waals surface area (Å²) in [6.07, 6.45) is 1.51. The summed E-state index contributed by atoms with van der Waals surface area (Å²) in [4.78, 5) is 14.0. The summed E-state index contributed by atoms with van der Waals surface area (Å²) >= 11 is 0. The maximum atomic E-state index is 12.2. The van der Waals surface area contributed by atoms with Crippen molar-refractivity contribution in [1.29, 1.82) is 0 Å². The predicted molar refractivity (Wildman–Crippen MR) is 79.0 cm³/mol. The lowest BCUT2D eigenvalue weighted by atomic mass is 9.95. The van der Waals surface area contributed by atoms with E-state index in [9.17, 15) is 4.79 Å². The fraction of sp³-hybridized carbons (Fsp3) is 0.267. The molecule has 0 bridgehead atoms. The molecule has 20 heavy (non-hydrogen) atoms. The molecule has 2 aromatic rings. The summed E-state index contributed by atoms with van der Waals surface area (Å²) in [6, 6.07) is 13.5. The van der Waals surface area contributed by atoms with Gasteiger partial charge in [-0.3, -0.25) is 4.79 Å². The summed E-state index contributed by atoms with van der Waals surface area (Å²) in [5.41, 5.74) is 7.35. The molecule has 0 spiro atoms. The van der Waals surface area contributed by atoms with Crippen molar-refractivity contribution in [2.24, 2.45) is 5.73 Å². The fourth-order valence-corrected chi connectivity index (χ4v) is 2.60. The molecule has 1 aliphatic heterocycles. The molecular weight excluding hydrogens is 276 g/mol. The lowest BCUT2D eigenvalue weighted by Gasteiger charge is -2.15. The first-order chi connectivity index (χ1) is 9.25. The molecule has 1 fully saturated rings. The van der Waals surface area contributed by atoms with Gasteiger partial charge in [-0.25, -0.2) is 0 Å². The van der Waals surface area contributed by atoms with E-state index < -0.39 is 0 Å². The summed E-state index contributed by atoms with van der Waals surface area (Å²) in [5.74, 6) is 0.486. The van der Waals surface area contributed by atoms with Crippen LogP contribution >= 0.6 is 12.4 Å². The molecule has 1 saturated heterocycles. The van der Waals surface area contributed by atoms with E-state index in [0.717, 1.165) is 0 Å². The van der Waals surface area contributed by atoms with Gasteiger partial charge >= 0.3 is 0 Å². The number of nitrogens with two attached hydrogens (primary N) is 1. The van der Waals surface area contributed by atoms with E-state index in [2.05, 4.69) is 12.1 Å². The van der Waals surface area contributed by atoms with E-state index in [1.165, 1.54) is 11.8 Å². The lowest BCUT2D eigenvalue weighted by molar-refractivity contribution is 0.0757. The van der Waals surface area contributed by atoms with Crippen LogP contribution in [0, 0.1) is 0 Å². The highest BCUT2D eigenvalue weighted by Crippen LogP contribution is 2.27. The molecule has 0 saturated carbocycles. The third-order valence-corrected chi connectivity index (χ3v) is 3.61. The number of likely N-dealkylation sites (tertiary alicyclic amines) is 1. The summed E-state index contributed by atoms with van der Waals surface area (Å²) < 4.78 is 5.15. The average Bonchev–Trinajstić information content (AvgIpc) is 3.08. The van der Waals surface area contributed by atoms with Crippen molar-refractivity contribution in [1.82, 2.24) is 4.90 Å². The van der Waals surface area contributed by atoms with Gasteiger partial charge in [0.25, 0.3) is 5.91 Å². The van der Waals surface area contributed by atoms with Crippen LogP contribution in [0.2, 0.25) is 0 Å². The Hall–Kier alpha value is -1.78. The highest BCUT2D eigenvalue weighted by Gasteiger charge is 2.34. The van der Waals surface area contributed by atoms with Gasteiger partial charge < -0.3 is 15.1 Å². The lowest BCUT2D eigenvalue weighted by Crippen LogP contribution is -2.31. The van der Waals surface area contributed by atoms with Crippen molar-refractivity contribution in [3.63, 3.8) is 0 Å². The second kappa shape index (κ2) is 6.11. The Bertz CT molecular complexity index is 557. The zero-order valence-corrected chi connectivity index (χ0v) is 11.8. The Labute approximate surface area is 124 Å². The number of carbonyl (C=O) groups excluding carboxylic acids is 1. The number of hydrogen-bond acceptors (Lipinski definition) is 3. The molecule has 5 heteroatoms. The van der Waals surface area contributed by atoms with Crippen molar-refractivity contribution in [3.05, 3.63) is 60.1 Å². The predicted octanol–water partition coefficient (Wildman–Crippen LogP) is 2.27. The molecule has 1 aromatic carbocycles. The van der Waals surface area contributed by atoms with Gasteiger partial charge in [0.15, 0.2) is 5.76 Å². The number of amides is 1. The van der Waals surface area contributed by atoms with Gasteiger partial charge in [0, 0.05) is 25.0 Å². The van der Waals surface area contributed by atoms with Crippen LogP contribution in [0.5, 0.6) is 0 Å². The molecule has 2 heterocycles. The Morgan fingerprint density at radius 1 is 1.15 bits per heavy atom. The fourth-order valence-electron chi connectivity index (χ4n) is 2.60.